The monoisotopic (exact) mass is 414 g/mol. The van der Waals surface area contributed by atoms with Gasteiger partial charge in [0.15, 0.2) is 0 Å². The van der Waals surface area contributed by atoms with Gasteiger partial charge in [0.25, 0.3) is 0 Å². The Labute approximate surface area is 169 Å². The highest BCUT2D eigenvalue weighted by Gasteiger charge is 2.31. The third-order valence-corrected chi connectivity index (χ3v) is 6.83. The number of methoxy groups -OCH3 is 1. The SMILES string of the molecule is COc1ccc(C)cc1S(=O)(=O)N1CCN(c2cc(-n3ccnc3)ncn2)CC1. The van der Waals surface area contributed by atoms with Crippen LogP contribution in [-0.2, 0) is 10.0 Å². The Hall–Kier alpha value is -2.98. The summed E-state index contributed by atoms with van der Waals surface area (Å²) in [6, 6.07) is 7.05. The number of hydrogen-bond donors (Lipinski definition) is 0. The molecule has 4 rings (SSSR count). The number of sulfonamides is 1. The van der Waals surface area contributed by atoms with Crippen LogP contribution in [0.3, 0.4) is 0 Å². The van der Waals surface area contributed by atoms with E-state index < -0.39 is 10.0 Å². The van der Waals surface area contributed by atoms with Gasteiger partial charge in [-0.05, 0) is 24.6 Å². The molecule has 1 aliphatic heterocycles. The minimum Gasteiger partial charge on any atom is -0.495 e. The number of imidazole rings is 1. The van der Waals surface area contributed by atoms with E-state index in [9.17, 15) is 8.42 Å². The molecule has 10 heteroatoms. The van der Waals surface area contributed by atoms with Crippen molar-refractivity contribution in [1.29, 1.82) is 0 Å². The van der Waals surface area contributed by atoms with Crippen molar-refractivity contribution in [3.63, 3.8) is 0 Å². The van der Waals surface area contributed by atoms with E-state index in [1.54, 1.807) is 29.2 Å². The van der Waals surface area contributed by atoms with Crippen LogP contribution in [0.4, 0.5) is 5.82 Å². The molecule has 1 saturated heterocycles. The molecule has 0 bridgehead atoms. The highest BCUT2D eigenvalue weighted by molar-refractivity contribution is 7.89. The van der Waals surface area contributed by atoms with Gasteiger partial charge < -0.3 is 9.64 Å². The van der Waals surface area contributed by atoms with E-state index in [-0.39, 0.29) is 4.90 Å². The second-order valence-electron chi connectivity index (χ2n) is 6.75. The maximum Gasteiger partial charge on any atom is 0.246 e. The zero-order valence-corrected chi connectivity index (χ0v) is 17.1. The van der Waals surface area contributed by atoms with Gasteiger partial charge >= 0.3 is 0 Å². The van der Waals surface area contributed by atoms with Crippen molar-refractivity contribution in [1.82, 2.24) is 23.8 Å². The average Bonchev–Trinajstić information content (AvgIpc) is 3.29. The van der Waals surface area contributed by atoms with Gasteiger partial charge in [-0.15, -0.1) is 0 Å². The van der Waals surface area contributed by atoms with E-state index in [0.717, 1.165) is 11.4 Å². The summed E-state index contributed by atoms with van der Waals surface area (Å²) in [4.78, 5) is 14.9. The smallest absolute Gasteiger partial charge is 0.246 e. The number of aryl methyl sites for hydroxylation is 1. The second kappa shape index (κ2) is 7.80. The Morgan fingerprint density at radius 3 is 2.48 bits per heavy atom. The van der Waals surface area contributed by atoms with E-state index in [4.69, 9.17) is 4.74 Å². The van der Waals surface area contributed by atoms with Crippen molar-refractivity contribution in [3.8, 4) is 11.6 Å². The van der Waals surface area contributed by atoms with Gasteiger partial charge in [-0.2, -0.15) is 4.31 Å². The number of piperazine rings is 1. The maximum absolute atomic E-state index is 13.2. The van der Waals surface area contributed by atoms with Crippen LogP contribution in [0.25, 0.3) is 5.82 Å². The number of rotatable bonds is 5. The third kappa shape index (κ3) is 3.81. The quantitative estimate of drug-likeness (QED) is 0.624. The molecule has 0 amide bonds. The number of ether oxygens (including phenoxy) is 1. The fourth-order valence-corrected chi connectivity index (χ4v) is 4.99. The molecule has 1 aromatic carbocycles. The standard InChI is InChI=1S/C19H22N6O3S/c1-15-3-4-16(28-2)17(11-15)29(26,27)25-9-7-23(8-10-25)18-12-19(22-13-21-18)24-6-5-20-14-24/h3-6,11-14H,7-10H2,1-2H3. The predicted octanol–water partition coefficient (Wildman–Crippen LogP) is 1.49. The molecule has 1 fully saturated rings. The van der Waals surface area contributed by atoms with Gasteiger partial charge in [0.2, 0.25) is 10.0 Å². The highest BCUT2D eigenvalue weighted by atomic mass is 32.2. The Bertz CT molecular complexity index is 1090. The average molecular weight is 414 g/mol. The zero-order chi connectivity index (χ0) is 20.4. The molecular weight excluding hydrogens is 392 g/mol. The molecule has 1 aliphatic rings. The lowest BCUT2D eigenvalue weighted by atomic mass is 10.2. The van der Waals surface area contributed by atoms with Crippen LogP contribution in [0.1, 0.15) is 5.56 Å². The Morgan fingerprint density at radius 1 is 1.03 bits per heavy atom. The van der Waals surface area contributed by atoms with E-state index >= 15 is 0 Å². The van der Waals surface area contributed by atoms with Crippen molar-refractivity contribution in [3.05, 3.63) is 54.9 Å². The minimum atomic E-state index is -3.64. The zero-order valence-electron chi connectivity index (χ0n) is 16.3. The van der Waals surface area contributed by atoms with Crippen LogP contribution in [0.2, 0.25) is 0 Å². The summed E-state index contributed by atoms with van der Waals surface area (Å²) in [7, 11) is -2.16. The van der Waals surface area contributed by atoms with Crippen molar-refractivity contribution in [2.45, 2.75) is 11.8 Å². The van der Waals surface area contributed by atoms with Gasteiger partial charge in [0.05, 0.1) is 7.11 Å². The fourth-order valence-electron chi connectivity index (χ4n) is 3.33. The van der Waals surface area contributed by atoms with E-state index in [0.29, 0.717) is 37.7 Å². The van der Waals surface area contributed by atoms with Crippen molar-refractivity contribution >= 4 is 15.8 Å². The Kier molecular flexibility index (Phi) is 5.20. The van der Waals surface area contributed by atoms with Crippen LogP contribution in [0, 0.1) is 6.92 Å². The summed E-state index contributed by atoms with van der Waals surface area (Å²) in [6.45, 7) is 3.67. The first-order chi connectivity index (χ1) is 14.0. The van der Waals surface area contributed by atoms with Gasteiger partial charge in [-0.1, -0.05) is 6.07 Å². The van der Waals surface area contributed by atoms with E-state index in [1.165, 1.54) is 17.7 Å². The number of nitrogens with zero attached hydrogens (tertiary/aromatic N) is 6. The molecule has 29 heavy (non-hydrogen) atoms. The molecule has 0 radical (unpaired) electrons. The summed E-state index contributed by atoms with van der Waals surface area (Å²) in [5, 5.41) is 0. The van der Waals surface area contributed by atoms with Crippen LogP contribution >= 0.6 is 0 Å². The topological polar surface area (TPSA) is 93.5 Å². The van der Waals surface area contributed by atoms with Crippen molar-refractivity contribution in [2.24, 2.45) is 0 Å². The molecule has 0 N–H and O–H groups in total. The summed E-state index contributed by atoms with van der Waals surface area (Å²) < 4.78 is 34.9. The molecule has 0 aliphatic carbocycles. The lowest BCUT2D eigenvalue weighted by Gasteiger charge is -2.34. The summed E-state index contributed by atoms with van der Waals surface area (Å²) in [5.41, 5.74) is 0.871. The van der Waals surface area contributed by atoms with Crippen LogP contribution in [-0.4, -0.2) is 65.5 Å². The van der Waals surface area contributed by atoms with Crippen molar-refractivity contribution in [2.75, 3.05) is 38.2 Å². The molecule has 0 saturated carbocycles. The molecule has 2 aromatic heterocycles. The molecule has 152 valence electrons. The summed E-state index contributed by atoms with van der Waals surface area (Å²) >= 11 is 0. The van der Waals surface area contributed by atoms with E-state index in [1.807, 2.05) is 25.3 Å². The number of benzene rings is 1. The molecule has 3 aromatic rings. The first kappa shape index (κ1) is 19.3. The lowest BCUT2D eigenvalue weighted by Crippen LogP contribution is -2.49. The number of anilines is 1. The molecule has 0 unspecified atom stereocenters. The van der Waals surface area contributed by atoms with E-state index in [2.05, 4.69) is 19.9 Å². The Balaban J connectivity index is 1.51. The minimum absolute atomic E-state index is 0.206. The number of hydrogen-bond acceptors (Lipinski definition) is 7. The van der Waals surface area contributed by atoms with Gasteiger partial charge in [-0.3, -0.25) is 4.57 Å². The fraction of sp³-hybridized carbons (Fsp3) is 0.316. The van der Waals surface area contributed by atoms with Crippen molar-refractivity contribution < 1.29 is 13.2 Å². The van der Waals surface area contributed by atoms with Crippen LogP contribution in [0.15, 0.2) is 54.2 Å². The normalized spacial score (nSPS) is 15.4. The van der Waals surface area contributed by atoms with Crippen LogP contribution in [0.5, 0.6) is 5.75 Å². The highest BCUT2D eigenvalue weighted by Crippen LogP contribution is 2.29. The molecule has 3 heterocycles. The van der Waals surface area contributed by atoms with Gasteiger partial charge in [-0.25, -0.2) is 23.4 Å². The summed E-state index contributed by atoms with van der Waals surface area (Å²) in [5.74, 6) is 1.83. The first-order valence-electron chi connectivity index (χ1n) is 9.19. The molecular formula is C19H22N6O3S. The summed E-state index contributed by atoms with van der Waals surface area (Å²) in [6.07, 6.45) is 6.67. The largest absolute Gasteiger partial charge is 0.495 e. The van der Waals surface area contributed by atoms with Crippen LogP contribution < -0.4 is 9.64 Å². The number of aromatic nitrogens is 4. The molecule has 0 atom stereocenters. The molecule has 0 spiro atoms. The van der Waals surface area contributed by atoms with Gasteiger partial charge in [0.1, 0.15) is 34.9 Å². The third-order valence-electron chi connectivity index (χ3n) is 4.91. The van der Waals surface area contributed by atoms with Gasteiger partial charge in [0, 0.05) is 44.6 Å². The lowest BCUT2D eigenvalue weighted by molar-refractivity contribution is 0.373. The maximum atomic E-state index is 13.2. The molecule has 9 nitrogen and oxygen atoms in total. The first-order valence-corrected chi connectivity index (χ1v) is 10.6. The Morgan fingerprint density at radius 2 is 1.79 bits per heavy atom. The predicted molar refractivity (Wildman–Crippen MR) is 108 cm³/mol. The second-order valence-corrected chi connectivity index (χ2v) is 8.66.